The summed E-state index contributed by atoms with van der Waals surface area (Å²) in [7, 11) is 0. The second-order valence-electron chi connectivity index (χ2n) is 7.34. The molecular formula is C24H29N3O5. The molecule has 3 amide bonds. The van der Waals surface area contributed by atoms with Gasteiger partial charge in [0.15, 0.2) is 0 Å². The molecular weight excluding hydrogens is 410 g/mol. The Balaban J connectivity index is 1.50. The minimum Gasteiger partial charge on any atom is -0.494 e. The van der Waals surface area contributed by atoms with Crippen LogP contribution in [0.2, 0.25) is 0 Å². The Hall–Kier alpha value is -3.55. The molecule has 2 aromatic rings. The smallest absolute Gasteiger partial charge is 0.409 e. The van der Waals surface area contributed by atoms with Crippen molar-refractivity contribution in [2.45, 2.75) is 19.8 Å². The van der Waals surface area contributed by atoms with E-state index in [1.54, 1.807) is 41.0 Å². The fourth-order valence-corrected chi connectivity index (χ4v) is 3.41. The largest absolute Gasteiger partial charge is 0.494 e. The second kappa shape index (κ2) is 11.7. The number of hydrogen-bond acceptors (Lipinski definition) is 5. The number of ether oxygens (including phenoxy) is 2. The number of nitrogens with one attached hydrogen (secondary N) is 1. The lowest BCUT2D eigenvalue weighted by Gasteiger charge is -2.34. The van der Waals surface area contributed by atoms with E-state index in [0.717, 1.165) is 5.75 Å². The molecule has 1 saturated heterocycles. The Bertz CT molecular complexity index is 911. The summed E-state index contributed by atoms with van der Waals surface area (Å²) < 4.78 is 10.6. The van der Waals surface area contributed by atoms with E-state index in [4.69, 9.17) is 9.47 Å². The number of benzene rings is 2. The second-order valence-corrected chi connectivity index (χ2v) is 7.34. The van der Waals surface area contributed by atoms with Crippen LogP contribution in [0.1, 0.15) is 30.1 Å². The van der Waals surface area contributed by atoms with Gasteiger partial charge in [-0.2, -0.15) is 0 Å². The van der Waals surface area contributed by atoms with Crippen molar-refractivity contribution >= 4 is 23.6 Å². The molecule has 32 heavy (non-hydrogen) atoms. The summed E-state index contributed by atoms with van der Waals surface area (Å²) in [5.74, 6) is 0.428. The zero-order valence-electron chi connectivity index (χ0n) is 18.3. The first-order chi connectivity index (χ1) is 15.6. The van der Waals surface area contributed by atoms with Crippen LogP contribution in [0, 0.1) is 0 Å². The van der Waals surface area contributed by atoms with Crippen LogP contribution in [-0.4, -0.2) is 67.1 Å². The minimum absolute atomic E-state index is 0.170. The lowest BCUT2D eigenvalue weighted by atomic mass is 10.1. The molecule has 170 valence electrons. The van der Waals surface area contributed by atoms with Crippen molar-refractivity contribution in [3.05, 3.63) is 60.2 Å². The molecule has 8 nitrogen and oxygen atoms in total. The molecule has 0 spiro atoms. The van der Waals surface area contributed by atoms with Crippen LogP contribution in [0.15, 0.2) is 54.6 Å². The molecule has 2 aromatic carbocycles. The highest BCUT2D eigenvalue weighted by atomic mass is 16.6. The highest BCUT2D eigenvalue weighted by Gasteiger charge is 2.26. The van der Waals surface area contributed by atoms with Gasteiger partial charge in [0.1, 0.15) is 5.75 Å². The van der Waals surface area contributed by atoms with Crippen LogP contribution >= 0.6 is 0 Å². The molecule has 0 unspecified atom stereocenters. The van der Waals surface area contributed by atoms with Gasteiger partial charge in [0.05, 0.1) is 24.5 Å². The van der Waals surface area contributed by atoms with Crippen LogP contribution in [0.3, 0.4) is 0 Å². The number of anilines is 1. The van der Waals surface area contributed by atoms with E-state index < -0.39 is 0 Å². The zero-order valence-corrected chi connectivity index (χ0v) is 18.3. The van der Waals surface area contributed by atoms with Gasteiger partial charge in [0.25, 0.3) is 5.91 Å². The molecule has 0 saturated carbocycles. The van der Waals surface area contributed by atoms with E-state index >= 15 is 0 Å². The average molecular weight is 440 g/mol. The fourth-order valence-electron chi connectivity index (χ4n) is 3.41. The normalized spacial score (nSPS) is 13.4. The molecule has 1 N–H and O–H groups in total. The first kappa shape index (κ1) is 23.1. The molecule has 1 aliphatic rings. The Labute approximate surface area is 188 Å². The molecule has 1 fully saturated rings. The molecule has 0 aromatic heterocycles. The lowest BCUT2D eigenvalue weighted by Crippen LogP contribution is -2.50. The van der Waals surface area contributed by atoms with Gasteiger partial charge < -0.3 is 24.6 Å². The van der Waals surface area contributed by atoms with Crippen molar-refractivity contribution in [3.63, 3.8) is 0 Å². The van der Waals surface area contributed by atoms with Crippen LogP contribution in [-0.2, 0) is 9.53 Å². The first-order valence-electron chi connectivity index (χ1n) is 10.9. The van der Waals surface area contributed by atoms with Crippen molar-refractivity contribution in [1.82, 2.24) is 9.80 Å². The summed E-state index contributed by atoms with van der Waals surface area (Å²) in [6.07, 6.45) is 0.490. The fraction of sp³-hybridized carbons (Fsp3) is 0.375. The molecule has 1 aliphatic heterocycles. The number of carbonyl (C=O) groups is 3. The summed E-state index contributed by atoms with van der Waals surface area (Å²) in [4.78, 5) is 40.6. The van der Waals surface area contributed by atoms with E-state index in [-0.39, 0.29) is 24.3 Å². The predicted molar refractivity (Wildman–Crippen MR) is 121 cm³/mol. The zero-order chi connectivity index (χ0) is 22.8. The molecule has 1 heterocycles. The van der Waals surface area contributed by atoms with Crippen molar-refractivity contribution in [2.75, 3.05) is 44.7 Å². The SMILES string of the molecule is CCOC(=O)N1CCN(C(=O)c2ccccc2NC(=O)CCCOc2ccccc2)CC1. The van der Waals surface area contributed by atoms with Gasteiger partial charge in [-0.05, 0) is 37.6 Å². The summed E-state index contributed by atoms with van der Waals surface area (Å²) in [5.41, 5.74) is 0.922. The third-order valence-corrected chi connectivity index (χ3v) is 5.08. The van der Waals surface area contributed by atoms with Crippen LogP contribution in [0.4, 0.5) is 10.5 Å². The number of hydrogen-bond donors (Lipinski definition) is 1. The summed E-state index contributed by atoms with van der Waals surface area (Å²) >= 11 is 0. The number of carbonyl (C=O) groups excluding carboxylic acids is 3. The molecule has 0 radical (unpaired) electrons. The topological polar surface area (TPSA) is 88.2 Å². The van der Waals surface area contributed by atoms with Crippen molar-refractivity contribution in [2.24, 2.45) is 0 Å². The summed E-state index contributed by atoms with van der Waals surface area (Å²) in [5, 5.41) is 2.85. The molecule has 3 rings (SSSR count). The van der Waals surface area contributed by atoms with Gasteiger partial charge in [-0.15, -0.1) is 0 Å². The maximum Gasteiger partial charge on any atom is 0.409 e. The van der Waals surface area contributed by atoms with Crippen LogP contribution in [0.5, 0.6) is 5.75 Å². The van der Waals surface area contributed by atoms with Gasteiger partial charge in [0, 0.05) is 32.6 Å². The molecule has 8 heteroatoms. The van der Waals surface area contributed by atoms with Crippen LogP contribution < -0.4 is 10.1 Å². The number of piperazine rings is 1. The maximum atomic E-state index is 13.0. The highest BCUT2D eigenvalue weighted by Crippen LogP contribution is 2.19. The standard InChI is InChI=1S/C24H29N3O5/c1-2-31-24(30)27-16-14-26(15-17-27)23(29)20-11-6-7-12-21(20)25-22(28)13-8-18-32-19-9-4-3-5-10-19/h3-7,9-12H,2,8,13-18H2,1H3,(H,25,28). The van der Waals surface area contributed by atoms with E-state index in [1.165, 1.54) is 0 Å². The minimum atomic E-state index is -0.358. The first-order valence-corrected chi connectivity index (χ1v) is 10.9. The predicted octanol–water partition coefficient (Wildman–Crippen LogP) is 3.40. The number of para-hydroxylation sites is 2. The van der Waals surface area contributed by atoms with Gasteiger partial charge >= 0.3 is 6.09 Å². The van der Waals surface area contributed by atoms with Crippen molar-refractivity contribution < 1.29 is 23.9 Å². The molecule has 0 bridgehead atoms. The molecule has 0 aliphatic carbocycles. The number of nitrogens with zero attached hydrogens (tertiary/aromatic N) is 2. The van der Waals surface area contributed by atoms with Gasteiger partial charge in [-0.3, -0.25) is 9.59 Å². The third-order valence-electron chi connectivity index (χ3n) is 5.08. The molecule has 0 atom stereocenters. The number of rotatable bonds is 8. The van der Waals surface area contributed by atoms with Gasteiger partial charge in [-0.1, -0.05) is 30.3 Å². The summed E-state index contributed by atoms with van der Waals surface area (Å²) in [6, 6.07) is 16.4. The maximum absolute atomic E-state index is 13.0. The van der Waals surface area contributed by atoms with E-state index in [0.29, 0.717) is 57.1 Å². The van der Waals surface area contributed by atoms with Gasteiger partial charge in [-0.25, -0.2) is 4.79 Å². The Morgan fingerprint density at radius 1 is 0.906 bits per heavy atom. The Kier molecular flexibility index (Phi) is 8.48. The van der Waals surface area contributed by atoms with Crippen molar-refractivity contribution in [1.29, 1.82) is 0 Å². The van der Waals surface area contributed by atoms with Crippen molar-refractivity contribution in [3.8, 4) is 5.75 Å². The van der Waals surface area contributed by atoms with E-state index in [1.807, 2.05) is 30.3 Å². The third kappa shape index (κ3) is 6.47. The quantitative estimate of drug-likeness (QED) is 0.637. The Morgan fingerprint density at radius 2 is 1.56 bits per heavy atom. The number of amides is 3. The van der Waals surface area contributed by atoms with Gasteiger partial charge in [0.2, 0.25) is 5.91 Å². The average Bonchev–Trinajstić information content (AvgIpc) is 2.83. The summed E-state index contributed by atoms with van der Waals surface area (Å²) in [6.45, 7) is 4.18. The monoisotopic (exact) mass is 439 g/mol. The highest BCUT2D eigenvalue weighted by molar-refractivity contribution is 6.03. The Morgan fingerprint density at radius 3 is 2.28 bits per heavy atom. The van der Waals surface area contributed by atoms with E-state index in [9.17, 15) is 14.4 Å². The van der Waals surface area contributed by atoms with E-state index in [2.05, 4.69) is 5.32 Å². The van der Waals surface area contributed by atoms with Crippen LogP contribution in [0.25, 0.3) is 0 Å². The lowest BCUT2D eigenvalue weighted by molar-refractivity contribution is -0.116.